The highest BCUT2D eigenvalue weighted by atomic mass is 16.5. The van der Waals surface area contributed by atoms with Crippen molar-refractivity contribution in [2.24, 2.45) is 0 Å². The Labute approximate surface area is 188 Å². The summed E-state index contributed by atoms with van der Waals surface area (Å²) >= 11 is 0. The van der Waals surface area contributed by atoms with Gasteiger partial charge in [-0.3, -0.25) is 0 Å². The highest BCUT2D eigenvalue weighted by Crippen LogP contribution is 2.34. The van der Waals surface area contributed by atoms with Crippen molar-refractivity contribution in [1.82, 2.24) is 25.5 Å². The van der Waals surface area contributed by atoms with Gasteiger partial charge in [-0.2, -0.15) is 0 Å². The molecule has 4 heterocycles. The molecule has 2 aliphatic heterocycles. The highest BCUT2D eigenvalue weighted by Gasteiger charge is 2.27. The molecule has 3 aromatic rings. The summed E-state index contributed by atoms with van der Waals surface area (Å²) < 4.78 is 5.79. The number of amides is 2. The molecule has 2 amide bonds. The average molecular weight is 434 g/mol. The summed E-state index contributed by atoms with van der Waals surface area (Å²) in [7, 11) is 0. The third kappa shape index (κ3) is 3.76. The molecule has 1 fully saturated rings. The van der Waals surface area contributed by atoms with Crippen LogP contribution in [0.4, 0.5) is 4.79 Å². The molecule has 2 aromatic heterocycles. The molecule has 7 heteroatoms. The maximum atomic E-state index is 12.5. The number of hydrogen-bond acceptors (Lipinski definition) is 4. The van der Waals surface area contributed by atoms with Gasteiger partial charge in [0.2, 0.25) is 0 Å². The van der Waals surface area contributed by atoms with Gasteiger partial charge in [0, 0.05) is 49.0 Å². The summed E-state index contributed by atoms with van der Waals surface area (Å²) in [5.41, 5.74) is 9.41. The average Bonchev–Trinajstić information content (AvgIpc) is 3.11. The highest BCUT2D eigenvalue weighted by molar-refractivity contribution is 5.86. The van der Waals surface area contributed by atoms with E-state index >= 15 is 0 Å². The van der Waals surface area contributed by atoms with Crippen molar-refractivity contribution in [2.45, 2.75) is 39.8 Å². The molecule has 1 saturated heterocycles. The molecule has 32 heavy (non-hydrogen) atoms. The number of fused-ring (bicyclic) bond motifs is 2. The molecule has 5 rings (SSSR count). The van der Waals surface area contributed by atoms with Gasteiger partial charge in [0.15, 0.2) is 0 Å². The number of pyridine rings is 1. The Morgan fingerprint density at radius 2 is 2.16 bits per heavy atom. The normalized spacial score (nSPS) is 18.6. The number of carbonyl (C=O) groups is 1. The number of nitrogens with zero attached hydrogens (tertiary/aromatic N) is 2. The van der Waals surface area contributed by atoms with Crippen molar-refractivity contribution in [2.75, 3.05) is 32.8 Å². The number of nitrogens with one attached hydrogen (secondary N) is 3. The van der Waals surface area contributed by atoms with Crippen LogP contribution in [0.15, 0.2) is 24.4 Å². The van der Waals surface area contributed by atoms with Gasteiger partial charge in [0.1, 0.15) is 5.65 Å². The van der Waals surface area contributed by atoms with E-state index in [4.69, 9.17) is 9.72 Å². The van der Waals surface area contributed by atoms with Crippen molar-refractivity contribution >= 4 is 17.1 Å². The van der Waals surface area contributed by atoms with Gasteiger partial charge in [-0.15, -0.1) is 0 Å². The van der Waals surface area contributed by atoms with Crippen LogP contribution < -0.4 is 10.6 Å². The molecule has 3 N–H and O–H groups in total. The first kappa shape index (κ1) is 21.0. The lowest BCUT2D eigenvalue weighted by molar-refractivity contribution is 0.0763. The van der Waals surface area contributed by atoms with Gasteiger partial charge in [0.05, 0.1) is 19.3 Å². The molecule has 0 spiro atoms. The number of aromatic nitrogens is 2. The standard InChI is InChI=1S/C25H31N5O2/c1-4-26-25(31)30-7-5-17-9-18(10-21(22(17)13-30)23-14-32-8-6-27-23)19-11-20-15(2)16(3)29-24(20)28-12-19/h9-12,23,27H,4-8,13-14H2,1-3H3,(H,26,31)(H,28,29). The number of urea groups is 1. The maximum Gasteiger partial charge on any atom is 0.317 e. The van der Waals surface area contributed by atoms with Crippen LogP contribution in [-0.4, -0.2) is 53.7 Å². The van der Waals surface area contributed by atoms with E-state index in [0.717, 1.165) is 43.0 Å². The van der Waals surface area contributed by atoms with Crippen LogP contribution in [-0.2, 0) is 17.7 Å². The van der Waals surface area contributed by atoms with E-state index in [2.05, 4.69) is 47.7 Å². The quantitative estimate of drug-likeness (QED) is 0.590. The third-order valence-corrected chi connectivity index (χ3v) is 6.78. The Morgan fingerprint density at radius 3 is 2.94 bits per heavy atom. The molecular weight excluding hydrogens is 402 g/mol. The number of aromatic amines is 1. The molecule has 168 valence electrons. The van der Waals surface area contributed by atoms with Gasteiger partial charge in [0.25, 0.3) is 0 Å². The molecule has 0 bridgehead atoms. The van der Waals surface area contributed by atoms with E-state index in [9.17, 15) is 4.79 Å². The minimum Gasteiger partial charge on any atom is -0.378 e. The van der Waals surface area contributed by atoms with Crippen molar-refractivity contribution in [3.63, 3.8) is 0 Å². The molecule has 0 saturated carbocycles. The smallest absolute Gasteiger partial charge is 0.317 e. The predicted octanol–water partition coefficient (Wildman–Crippen LogP) is 3.60. The van der Waals surface area contributed by atoms with Crippen LogP contribution in [0, 0.1) is 13.8 Å². The maximum absolute atomic E-state index is 12.5. The van der Waals surface area contributed by atoms with Crippen molar-refractivity contribution in [3.8, 4) is 11.1 Å². The van der Waals surface area contributed by atoms with Crippen molar-refractivity contribution in [3.05, 3.63) is 52.3 Å². The number of benzene rings is 1. The van der Waals surface area contributed by atoms with Gasteiger partial charge in [-0.05, 0) is 67.1 Å². The van der Waals surface area contributed by atoms with Crippen LogP contribution in [0.2, 0.25) is 0 Å². The monoisotopic (exact) mass is 433 g/mol. The zero-order chi connectivity index (χ0) is 22.2. The fourth-order valence-electron chi connectivity index (χ4n) is 4.86. The van der Waals surface area contributed by atoms with Crippen molar-refractivity contribution in [1.29, 1.82) is 0 Å². The predicted molar refractivity (Wildman–Crippen MR) is 126 cm³/mol. The zero-order valence-corrected chi connectivity index (χ0v) is 19.0. The van der Waals surface area contributed by atoms with E-state index in [0.29, 0.717) is 19.7 Å². The SMILES string of the molecule is CCNC(=O)N1CCc2cc(-c3cnc4[nH]c(C)c(C)c4c3)cc(C3COCCN3)c2C1. The minimum absolute atomic E-state index is 0.00832. The van der Waals surface area contributed by atoms with Crippen LogP contribution in [0.25, 0.3) is 22.2 Å². The molecular formula is C25H31N5O2. The summed E-state index contributed by atoms with van der Waals surface area (Å²) in [5.74, 6) is 0. The summed E-state index contributed by atoms with van der Waals surface area (Å²) in [6.07, 6.45) is 2.80. The lowest BCUT2D eigenvalue weighted by Gasteiger charge is -2.34. The van der Waals surface area contributed by atoms with Crippen LogP contribution in [0.1, 0.15) is 40.9 Å². The first-order valence-corrected chi connectivity index (χ1v) is 11.5. The van der Waals surface area contributed by atoms with Gasteiger partial charge < -0.3 is 25.3 Å². The number of H-pyrrole nitrogens is 1. The first-order chi connectivity index (χ1) is 15.5. The van der Waals surface area contributed by atoms with Crippen LogP contribution in [0.5, 0.6) is 0 Å². The number of aryl methyl sites for hydroxylation is 2. The number of carbonyl (C=O) groups excluding carboxylic acids is 1. The third-order valence-electron chi connectivity index (χ3n) is 6.78. The summed E-state index contributed by atoms with van der Waals surface area (Å²) in [4.78, 5) is 22.5. The molecule has 0 aliphatic carbocycles. The Hall–Kier alpha value is -2.90. The number of rotatable bonds is 3. The zero-order valence-electron chi connectivity index (χ0n) is 19.0. The molecule has 7 nitrogen and oxygen atoms in total. The summed E-state index contributed by atoms with van der Waals surface area (Å²) in [6, 6.07) is 6.93. The lowest BCUT2D eigenvalue weighted by Crippen LogP contribution is -2.43. The minimum atomic E-state index is 0.00832. The Morgan fingerprint density at radius 1 is 1.28 bits per heavy atom. The van der Waals surface area contributed by atoms with Gasteiger partial charge >= 0.3 is 6.03 Å². The van der Waals surface area contributed by atoms with Crippen LogP contribution in [0.3, 0.4) is 0 Å². The second kappa shape index (κ2) is 8.56. The summed E-state index contributed by atoms with van der Waals surface area (Å²) in [5, 5.41) is 7.72. The number of hydrogen-bond donors (Lipinski definition) is 3. The molecule has 1 atom stereocenters. The second-order valence-electron chi connectivity index (χ2n) is 8.79. The van der Waals surface area contributed by atoms with Gasteiger partial charge in [-0.1, -0.05) is 6.07 Å². The largest absolute Gasteiger partial charge is 0.378 e. The molecule has 2 aliphatic rings. The summed E-state index contributed by atoms with van der Waals surface area (Å²) in [6.45, 7) is 10.4. The second-order valence-corrected chi connectivity index (χ2v) is 8.79. The molecule has 1 aromatic carbocycles. The van der Waals surface area contributed by atoms with Gasteiger partial charge in [-0.25, -0.2) is 9.78 Å². The number of morpholine rings is 1. The topological polar surface area (TPSA) is 82.3 Å². The van der Waals surface area contributed by atoms with E-state index in [-0.39, 0.29) is 12.1 Å². The Kier molecular flexibility index (Phi) is 5.61. The van der Waals surface area contributed by atoms with Crippen molar-refractivity contribution < 1.29 is 9.53 Å². The first-order valence-electron chi connectivity index (χ1n) is 11.5. The number of ether oxygens (including phenoxy) is 1. The fourth-order valence-corrected chi connectivity index (χ4v) is 4.86. The molecule has 0 radical (unpaired) electrons. The van der Waals surface area contributed by atoms with E-state index in [1.54, 1.807) is 0 Å². The fraction of sp³-hybridized carbons (Fsp3) is 0.440. The Balaban J connectivity index is 1.58. The molecule has 1 unspecified atom stereocenters. The van der Waals surface area contributed by atoms with Crippen LogP contribution >= 0.6 is 0 Å². The van der Waals surface area contributed by atoms with E-state index < -0.39 is 0 Å². The van der Waals surface area contributed by atoms with E-state index in [1.807, 2.05) is 18.0 Å². The van der Waals surface area contributed by atoms with E-state index in [1.165, 1.54) is 33.2 Å². The lowest BCUT2D eigenvalue weighted by atomic mass is 9.87. The Bertz CT molecular complexity index is 1160.